The van der Waals surface area contributed by atoms with Crippen LogP contribution < -0.4 is 16.0 Å². The molecule has 0 aromatic heterocycles. The smallest absolute Gasteiger partial charge is 0.191 e. The maximum absolute atomic E-state index is 5.65. The molecule has 1 atom stereocenters. The summed E-state index contributed by atoms with van der Waals surface area (Å²) in [5.74, 6) is 0.893. The Morgan fingerprint density at radius 1 is 1.14 bits per heavy atom. The summed E-state index contributed by atoms with van der Waals surface area (Å²) in [4.78, 5) is 4.94. The lowest BCUT2D eigenvalue weighted by Crippen LogP contribution is -2.53. The minimum absolute atomic E-state index is 0.0369. The molecule has 0 aliphatic carbocycles. The van der Waals surface area contributed by atoms with Gasteiger partial charge in [-0.1, -0.05) is 30.3 Å². The number of hydrogen-bond donors (Lipinski definition) is 3. The van der Waals surface area contributed by atoms with Crippen LogP contribution in [0.4, 0.5) is 0 Å². The molecule has 1 aromatic rings. The fourth-order valence-corrected chi connectivity index (χ4v) is 3.65. The average Bonchev–Trinajstić information content (AvgIpc) is 2.75. The summed E-state index contributed by atoms with van der Waals surface area (Å²) in [6.07, 6.45) is 4.09. The number of aliphatic imine (C=N–C) groups is 1. The van der Waals surface area contributed by atoms with Crippen LogP contribution in [0, 0.1) is 0 Å². The summed E-state index contributed by atoms with van der Waals surface area (Å²) in [7, 11) is 0. The molecule has 1 saturated heterocycles. The zero-order valence-electron chi connectivity index (χ0n) is 18.5. The Balaban J connectivity index is 1.95. The van der Waals surface area contributed by atoms with Crippen LogP contribution in [0.5, 0.6) is 0 Å². The van der Waals surface area contributed by atoms with E-state index in [1.54, 1.807) is 0 Å². The average molecular weight is 405 g/mol. The molecule has 1 fully saturated rings. The van der Waals surface area contributed by atoms with Gasteiger partial charge in [0, 0.05) is 51.1 Å². The fraction of sp³-hybridized carbons (Fsp3) is 0.696. The summed E-state index contributed by atoms with van der Waals surface area (Å²) >= 11 is 0. The van der Waals surface area contributed by atoms with Crippen molar-refractivity contribution in [2.24, 2.45) is 4.99 Å². The van der Waals surface area contributed by atoms with Gasteiger partial charge in [0.25, 0.3) is 0 Å². The fourth-order valence-electron chi connectivity index (χ4n) is 3.65. The lowest BCUT2D eigenvalue weighted by molar-refractivity contribution is 0.0374. The first kappa shape index (κ1) is 23.6. The molecule has 29 heavy (non-hydrogen) atoms. The molecule has 0 radical (unpaired) electrons. The number of ether oxygens (including phenoxy) is 2. The second-order valence-electron chi connectivity index (χ2n) is 7.70. The van der Waals surface area contributed by atoms with Crippen LogP contribution in [0.2, 0.25) is 0 Å². The van der Waals surface area contributed by atoms with E-state index in [2.05, 4.69) is 60.1 Å². The molecule has 3 N–H and O–H groups in total. The quantitative estimate of drug-likeness (QED) is 0.283. The van der Waals surface area contributed by atoms with Gasteiger partial charge in [-0.3, -0.25) is 4.99 Å². The van der Waals surface area contributed by atoms with Gasteiger partial charge in [-0.25, -0.2) is 0 Å². The molecule has 1 aromatic carbocycles. The number of nitrogens with zero attached hydrogens (tertiary/aromatic N) is 1. The van der Waals surface area contributed by atoms with Crippen molar-refractivity contribution < 1.29 is 9.47 Å². The van der Waals surface area contributed by atoms with Crippen molar-refractivity contribution in [1.29, 1.82) is 0 Å². The molecular formula is C23H40N4O2. The Morgan fingerprint density at radius 3 is 2.59 bits per heavy atom. The van der Waals surface area contributed by atoms with E-state index in [9.17, 15) is 0 Å². The molecule has 0 spiro atoms. The zero-order valence-corrected chi connectivity index (χ0v) is 18.5. The van der Waals surface area contributed by atoms with Crippen molar-refractivity contribution in [3.63, 3.8) is 0 Å². The molecular weight excluding hydrogens is 364 g/mol. The van der Waals surface area contributed by atoms with Crippen LogP contribution >= 0.6 is 0 Å². The summed E-state index contributed by atoms with van der Waals surface area (Å²) in [6, 6.07) is 10.9. The molecule has 2 rings (SSSR count). The topological polar surface area (TPSA) is 66.9 Å². The first-order valence-electron chi connectivity index (χ1n) is 11.2. The Morgan fingerprint density at radius 2 is 1.90 bits per heavy atom. The number of guanidine groups is 1. The van der Waals surface area contributed by atoms with E-state index < -0.39 is 0 Å². The van der Waals surface area contributed by atoms with Gasteiger partial charge < -0.3 is 25.4 Å². The molecule has 1 heterocycles. The Hall–Kier alpha value is -1.63. The van der Waals surface area contributed by atoms with E-state index >= 15 is 0 Å². The molecule has 0 bridgehead atoms. The molecule has 1 aliphatic rings. The third-order valence-corrected chi connectivity index (χ3v) is 5.37. The highest BCUT2D eigenvalue weighted by atomic mass is 16.5. The number of nitrogens with one attached hydrogen (secondary N) is 3. The van der Waals surface area contributed by atoms with Crippen LogP contribution in [0.3, 0.4) is 0 Å². The highest BCUT2D eigenvalue weighted by Gasteiger charge is 2.34. The number of unbranched alkanes of at least 4 members (excludes halogenated alkanes) is 1. The minimum atomic E-state index is -0.0369. The van der Waals surface area contributed by atoms with E-state index in [1.807, 2.05) is 6.92 Å². The van der Waals surface area contributed by atoms with Gasteiger partial charge in [0.1, 0.15) is 0 Å². The van der Waals surface area contributed by atoms with Crippen LogP contribution in [-0.2, 0) is 9.47 Å². The Bertz CT molecular complexity index is 574. The minimum Gasteiger partial charge on any atom is -0.382 e. The van der Waals surface area contributed by atoms with Gasteiger partial charge in [0.15, 0.2) is 5.96 Å². The second-order valence-corrected chi connectivity index (χ2v) is 7.70. The zero-order chi connectivity index (χ0) is 20.8. The molecule has 0 amide bonds. The predicted octanol–water partition coefficient (Wildman–Crippen LogP) is 3.26. The van der Waals surface area contributed by atoms with Gasteiger partial charge in [0.2, 0.25) is 0 Å². The normalized spacial score (nSPS) is 17.7. The maximum atomic E-state index is 5.65. The monoisotopic (exact) mass is 404 g/mol. The largest absolute Gasteiger partial charge is 0.382 e. The summed E-state index contributed by atoms with van der Waals surface area (Å²) in [5, 5.41) is 10.7. The molecule has 6 heteroatoms. The van der Waals surface area contributed by atoms with Crippen molar-refractivity contribution >= 4 is 5.96 Å². The molecule has 1 aliphatic heterocycles. The van der Waals surface area contributed by atoms with Gasteiger partial charge >= 0.3 is 0 Å². The predicted molar refractivity (Wildman–Crippen MR) is 120 cm³/mol. The van der Waals surface area contributed by atoms with Gasteiger partial charge in [0.05, 0.1) is 6.54 Å². The maximum Gasteiger partial charge on any atom is 0.191 e. The van der Waals surface area contributed by atoms with Crippen LogP contribution in [-0.4, -0.2) is 57.6 Å². The number of rotatable bonds is 12. The van der Waals surface area contributed by atoms with Crippen molar-refractivity contribution in [2.45, 2.75) is 58.0 Å². The van der Waals surface area contributed by atoms with Crippen LogP contribution in [0.1, 0.15) is 58.1 Å². The van der Waals surface area contributed by atoms with E-state index in [4.69, 9.17) is 14.5 Å². The van der Waals surface area contributed by atoms with Gasteiger partial charge in [-0.2, -0.15) is 0 Å². The lowest BCUT2D eigenvalue weighted by Gasteiger charge is -2.39. The third-order valence-electron chi connectivity index (χ3n) is 5.37. The van der Waals surface area contributed by atoms with E-state index in [0.29, 0.717) is 0 Å². The standard InChI is InChI=1S/C23H40N4O2/c1-4-24-22(25-15-9-10-16-28-5-2)26-19-23(13-17-29-18-14-23)27-20(3)21-11-7-6-8-12-21/h6-8,11-12,20,27H,4-5,9-10,13-19H2,1-3H3,(H2,24,25,26). The molecule has 0 saturated carbocycles. The SMILES string of the molecule is CCNC(=NCC1(NC(C)c2ccccc2)CCOCC1)NCCCCOCC. The van der Waals surface area contributed by atoms with Crippen molar-refractivity contribution in [3.8, 4) is 0 Å². The summed E-state index contributed by atoms with van der Waals surface area (Å²) < 4.78 is 11.1. The highest BCUT2D eigenvalue weighted by Crippen LogP contribution is 2.26. The van der Waals surface area contributed by atoms with E-state index in [0.717, 1.165) is 77.7 Å². The Kier molecular flexibility index (Phi) is 11.1. The first-order chi connectivity index (χ1) is 14.2. The number of benzene rings is 1. The lowest BCUT2D eigenvalue weighted by atomic mass is 9.88. The number of hydrogen-bond acceptors (Lipinski definition) is 4. The summed E-state index contributed by atoms with van der Waals surface area (Å²) in [5.41, 5.74) is 1.27. The first-order valence-corrected chi connectivity index (χ1v) is 11.2. The second kappa shape index (κ2) is 13.6. The third kappa shape index (κ3) is 8.72. The van der Waals surface area contributed by atoms with Crippen molar-refractivity contribution in [3.05, 3.63) is 35.9 Å². The van der Waals surface area contributed by atoms with Crippen LogP contribution in [0.15, 0.2) is 35.3 Å². The van der Waals surface area contributed by atoms with E-state index in [-0.39, 0.29) is 11.6 Å². The van der Waals surface area contributed by atoms with Crippen molar-refractivity contribution in [1.82, 2.24) is 16.0 Å². The molecule has 164 valence electrons. The van der Waals surface area contributed by atoms with Crippen LogP contribution in [0.25, 0.3) is 0 Å². The Labute approximate surface area is 176 Å². The van der Waals surface area contributed by atoms with Gasteiger partial charge in [-0.05, 0) is 52.0 Å². The highest BCUT2D eigenvalue weighted by molar-refractivity contribution is 5.79. The summed E-state index contributed by atoms with van der Waals surface area (Å²) in [6.45, 7) is 12.1. The van der Waals surface area contributed by atoms with Crippen molar-refractivity contribution in [2.75, 3.05) is 46.1 Å². The van der Waals surface area contributed by atoms with Gasteiger partial charge in [-0.15, -0.1) is 0 Å². The molecule has 1 unspecified atom stereocenters. The molecule has 6 nitrogen and oxygen atoms in total. The van der Waals surface area contributed by atoms with E-state index in [1.165, 1.54) is 5.56 Å².